The maximum absolute atomic E-state index is 12.0. The van der Waals surface area contributed by atoms with E-state index in [9.17, 15) is 9.59 Å². The van der Waals surface area contributed by atoms with E-state index >= 15 is 0 Å². The monoisotopic (exact) mass is 359 g/mol. The topological polar surface area (TPSA) is 71.1 Å². The van der Waals surface area contributed by atoms with Crippen LogP contribution >= 0.6 is 11.3 Å². The number of anilines is 1. The number of carbonyl (C=O) groups excluding carboxylic acids is 2. The molecule has 1 aromatic heterocycles. The molecule has 2 rings (SSSR count). The number of rotatable bonds is 5. The van der Waals surface area contributed by atoms with Crippen molar-refractivity contribution in [1.82, 2.24) is 10.3 Å². The van der Waals surface area contributed by atoms with Crippen LogP contribution in [-0.2, 0) is 9.59 Å². The number of hydrogen-bond donors (Lipinski definition) is 2. The molecule has 0 saturated carbocycles. The predicted octanol–water partition coefficient (Wildman–Crippen LogP) is 3.92. The Morgan fingerprint density at radius 3 is 2.60 bits per heavy atom. The van der Waals surface area contributed by atoms with Crippen LogP contribution in [0.25, 0.3) is 11.3 Å². The summed E-state index contributed by atoms with van der Waals surface area (Å²) in [6.07, 6.45) is 0.222. The SMILES string of the molecule is Cc1ccc(C)c(-c2csc(NC(=O)CCNC(=O)C(C)(C)C)n2)c1. The number of nitrogens with zero attached hydrogens (tertiary/aromatic N) is 1. The molecule has 2 amide bonds. The molecule has 0 atom stereocenters. The Labute approximate surface area is 152 Å². The lowest BCUT2D eigenvalue weighted by Crippen LogP contribution is -2.36. The minimum Gasteiger partial charge on any atom is -0.355 e. The molecular weight excluding hydrogens is 334 g/mol. The average Bonchev–Trinajstić information content (AvgIpc) is 2.96. The van der Waals surface area contributed by atoms with Crippen molar-refractivity contribution in [2.24, 2.45) is 5.41 Å². The zero-order valence-corrected chi connectivity index (χ0v) is 16.2. The minimum atomic E-state index is -0.452. The largest absolute Gasteiger partial charge is 0.355 e. The van der Waals surface area contributed by atoms with Crippen LogP contribution in [0.1, 0.15) is 38.3 Å². The van der Waals surface area contributed by atoms with Crippen molar-refractivity contribution < 1.29 is 9.59 Å². The standard InChI is InChI=1S/C19H25N3O2S/c1-12-6-7-13(2)14(10-12)15-11-25-18(21-15)22-16(23)8-9-20-17(24)19(3,4)5/h6-7,10-11H,8-9H2,1-5H3,(H,20,24)(H,21,22,23). The van der Waals surface area contributed by atoms with Crippen LogP contribution in [-0.4, -0.2) is 23.3 Å². The fraction of sp³-hybridized carbons (Fsp3) is 0.421. The van der Waals surface area contributed by atoms with Crippen LogP contribution in [0.2, 0.25) is 0 Å². The van der Waals surface area contributed by atoms with Gasteiger partial charge in [-0.25, -0.2) is 4.98 Å². The summed E-state index contributed by atoms with van der Waals surface area (Å²) in [6, 6.07) is 6.23. The van der Waals surface area contributed by atoms with Crippen LogP contribution in [0.4, 0.5) is 5.13 Å². The van der Waals surface area contributed by atoms with Crippen LogP contribution < -0.4 is 10.6 Å². The molecule has 5 nitrogen and oxygen atoms in total. The molecule has 0 aliphatic heterocycles. The number of aryl methyl sites for hydroxylation is 2. The molecule has 2 N–H and O–H groups in total. The van der Waals surface area contributed by atoms with Crippen molar-refractivity contribution in [2.45, 2.75) is 41.0 Å². The van der Waals surface area contributed by atoms with Crippen LogP contribution in [0.5, 0.6) is 0 Å². The molecule has 2 aromatic rings. The van der Waals surface area contributed by atoms with Gasteiger partial charge in [-0.15, -0.1) is 11.3 Å². The third-order valence-electron chi connectivity index (χ3n) is 3.74. The molecule has 25 heavy (non-hydrogen) atoms. The number of nitrogens with one attached hydrogen (secondary N) is 2. The summed E-state index contributed by atoms with van der Waals surface area (Å²) in [5.74, 6) is -0.220. The number of thiazole rings is 1. The van der Waals surface area contributed by atoms with Crippen molar-refractivity contribution in [3.05, 3.63) is 34.7 Å². The summed E-state index contributed by atoms with van der Waals surface area (Å²) in [5.41, 5.74) is 3.82. The van der Waals surface area contributed by atoms with E-state index in [4.69, 9.17) is 0 Å². The highest BCUT2D eigenvalue weighted by atomic mass is 32.1. The lowest BCUT2D eigenvalue weighted by molar-refractivity contribution is -0.128. The second-order valence-corrected chi connectivity index (χ2v) is 8.02. The van der Waals surface area contributed by atoms with Crippen molar-refractivity contribution in [3.63, 3.8) is 0 Å². The first-order chi connectivity index (χ1) is 11.7. The van der Waals surface area contributed by atoms with Gasteiger partial charge in [-0.05, 0) is 25.5 Å². The summed E-state index contributed by atoms with van der Waals surface area (Å²) in [4.78, 5) is 28.3. The van der Waals surface area contributed by atoms with Gasteiger partial charge in [0.15, 0.2) is 5.13 Å². The Balaban J connectivity index is 1.92. The van der Waals surface area contributed by atoms with E-state index in [0.717, 1.165) is 16.8 Å². The van der Waals surface area contributed by atoms with Gasteiger partial charge in [-0.1, -0.05) is 38.5 Å². The highest BCUT2D eigenvalue weighted by Crippen LogP contribution is 2.28. The third kappa shape index (κ3) is 5.39. The van der Waals surface area contributed by atoms with Gasteiger partial charge in [0, 0.05) is 29.3 Å². The van der Waals surface area contributed by atoms with Gasteiger partial charge >= 0.3 is 0 Å². The smallest absolute Gasteiger partial charge is 0.227 e. The molecule has 0 fully saturated rings. The number of amides is 2. The maximum Gasteiger partial charge on any atom is 0.227 e. The first kappa shape index (κ1) is 19.1. The normalized spacial score (nSPS) is 11.2. The highest BCUT2D eigenvalue weighted by Gasteiger charge is 2.20. The molecule has 134 valence electrons. The average molecular weight is 359 g/mol. The molecule has 1 aromatic carbocycles. The fourth-order valence-corrected chi connectivity index (χ4v) is 2.93. The van der Waals surface area contributed by atoms with E-state index in [-0.39, 0.29) is 18.2 Å². The zero-order valence-electron chi connectivity index (χ0n) is 15.4. The molecule has 6 heteroatoms. The lowest BCUT2D eigenvalue weighted by Gasteiger charge is -2.17. The molecular formula is C19H25N3O2S. The summed E-state index contributed by atoms with van der Waals surface area (Å²) in [7, 11) is 0. The highest BCUT2D eigenvalue weighted by molar-refractivity contribution is 7.14. The summed E-state index contributed by atoms with van der Waals surface area (Å²) < 4.78 is 0. The van der Waals surface area contributed by atoms with Gasteiger partial charge in [0.25, 0.3) is 0 Å². The summed E-state index contributed by atoms with van der Waals surface area (Å²) >= 11 is 1.40. The Bertz CT molecular complexity index is 775. The van der Waals surface area contributed by atoms with Crippen molar-refractivity contribution in [3.8, 4) is 11.3 Å². The third-order valence-corrected chi connectivity index (χ3v) is 4.50. The number of aromatic nitrogens is 1. The van der Waals surface area contributed by atoms with E-state index in [0.29, 0.717) is 11.7 Å². The van der Waals surface area contributed by atoms with Gasteiger partial charge in [0.2, 0.25) is 11.8 Å². The maximum atomic E-state index is 12.0. The van der Waals surface area contributed by atoms with Crippen molar-refractivity contribution in [1.29, 1.82) is 0 Å². The van der Waals surface area contributed by atoms with Gasteiger partial charge in [-0.2, -0.15) is 0 Å². The van der Waals surface area contributed by atoms with Gasteiger partial charge in [-0.3, -0.25) is 9.59 Å². The number of carbonyl (C=O) groups is 2. The van der Waals surface area contributed by atoms with E-state index in [1.807, 2.05) is 40.0 Å². The zero-order chi connectivity index (χ0) is 18.6. The molecule has 0 unspecified atom stereocenters. The first-order valence-corrected chi connectivity index (χ1v) is 9.16. The Kier molecular flexibility index (Phi) is 5.95. The second-order valence-electron chi connectivity index (χ2n) is 7.16. The predicted molar refractivity (Wildman–Crippen MR) is 103 cm³/mol. The molecule has 0 aliphatic rings. The van der Waals surface area contributed by atoms with Gasteiger partial charge in [0.05, 0.1) is 5.69 Å². The van der Waals surface area contributed by atoms with E-state index < -0.39 is 5.41 Å². The van der Waals surface area contributed by atoms with Crippen molar-refractivity contribution in [2.75, 3.05) is 11.9 Å². The molecule has 0 radical (unpaired) electrons. The Hall–Kier alpha value is -2.21. The molecule has 0 aliphatic carbocycles. The quantitative estimate of drug-likeness (QED) is 0.850. The fourth-order valence-electron chi connectivity index (χ4n) is 2.20. The Morgan fingerprint density at radius 1 is 1.20 bits per heavy atom. The van der Waals surface area contributed by atoms with Crippen molar-refractivity contribution >= 4 is 28.3 Å². The first-order valence-electron chi connectivity index (χ1n) is 8.28. The van der Waals surface area contributed by atoms with Crippen LogP contribution in [0.3, 0.4) is 0 Å². The van der Waals surface area contributed by atoms with Crippen LogP contribution in [0, 0.1) is 19.3 Å². The summed E-state index contributed by atoms with van der Waals surface area (Å²) in [5, 5.41) is 8.08. The van der Waals surface area contributed by atoms with E-state index in [1.165, 1.54) is 16.9 Å². The second kappa shape index (κ2) is 7.78. The molecule has 0 saturated heterocycles. The Morgan fingerprint density at radius 2 is 1.92 bits per heavy atom. The summed E-state index contributed by atoms with van der Waals surface area (Å²) in [6.45, 7) is 9.93. The van der Waals surface area contributed by atoms with Gasteiger partial charge < -0.3 is 10.6 Å². The number of hydrogen-bond acceptors (Lipinski definition) is 4. The van der Waals surface area contributed by atoms with E-state index in [1.54, 1.807) is 0 Å². The number of benzene rings is 1. The molecule has 0 spiro atoms. The van der Waals surface area contributed by atoms with Crippen LogP contribution in [0.15, 0.2) is 23.6 Å². The molecule has 1 heterocycles. The minimum absolute atomic E-state index is 0.0632. The van der Waals surface area contributed by atoms with E-state index in [2.05, 4.69) is 33.8 Å². The molecule has 0 bridgehead atoms. The lowest BCUT2D eigenvalue weighted by atomic mass is 9.96. The van der Waals surface area contributed by atoms with Gasteiger partial charge in [0.1, 0.15) is 0 Å².